The fourth-order valence-electron chi connectivity index (χ4n) is 1.71. The molecule has 0 atom stereocenters. The van der Waals surface area contributed by atoms with Gasteiger partial charge in [0.15, 0.2) is 0 Å². The predicted molar refractivity (Wildman–Crippen MR) is 79.4 cm³/mol. The molecule has 0 bridgehead atoms. The summed E-state index contributed by atoms with van der Waals surface area (Å²) in [6, 6.07) is 4.90. The lowest BCUT2D eigenvalue weighted by Gasteiger charge is -2.10. The molecule has 0 spiro atoms. The van der Waals surface area contributed by atoms with Crippen LogP contribution in [0.25, 0.3) is 0 Å². The van der Waals surface area contributed by atoms with Crippen LogP contribution in [-0.4, -0.2) is 17.0 Å². The van der Waals surface area contributed by atoms with E-state index in [1.165, 1.54) is 12.3 Å². The van der Waals surface area contributed by atoms with Crippen molar-refractivity contribution in [1.29, 1.82) is 0 Å². The maximum atomic E-state index is 11.1. The minimum atomic E-state index is -0.470. The zero-order valence-corrected chi connectivity index (χ0v) is 12.5. The highest BCUT2D eigenvalue weighted by Gasteiger charge is 2.19. The van der Waals surface area contributed by atoms with Crippen molar-refractivity contribution >= 4 is 27.3 Å². The van der Waals surface area contributed by atoms with Crippen LogP contribution in [0.4, 0.5) is 11.4 Å². The van der Waals surface area contributed by atoms with Crippen molar-refractivity contribution in [2.45, 2.75) is 6.92 Å². The Bertz CT molecular complexity index is 661. The molecular formula is C13H12BrN3O3. The Morgan fingerprint density at radius 2 is 2.10 bits per heavy atom. The van der Waals surface area contributed by atoms with Gasteiger partial charge in [0, 0.05) is 23.7 Å². The number of aromatic nitrogens is 1. The van der Waals surface area contributed by atoms with Crippen LogP contribution in [0.5, 0.6) is 11.5 Å². The Balaban J connectivity index is 2.44. The van der Waals surface area contributed by atoms with Crippen LogP contribution in [0, 0.1) is 17.0 Å². The molecule has 0 amide bonds. The third-order valence-electron chi connectivity index (χ3n) is 2.64. The summed E-state index contributed by atoms with van der Waals surface area (Å²) in [6.45, 7) is 1.75. The second kappa shape index (κ2) is 5.87. The average molecular weight is 338 g/mol. The van der Waals surface area contributed by atoms with Gasteiger partial charge in [-0.05, 0) is 18.6 Å². The van der Waals surface area contributed by atoms with E-state index in [4.69, 9.17) is 4.74 Å². The van der Waals surface area contributed by atoms with Gasteiger partial charge in [-0.3, -0.25) is 15.1 Å². The summed E-state index contributed by atoms with van der Waals surface area (Å²) in [7, 11) is 1.76. The van der Waals surface area contributed by atoms with E-state index in [9.17, 15) is 10.1 Å². The van der Waals surface area contributed by atoms with Gasteiger partial charge in [0.1, 0.15) is 5.75 Å². The third-order valence-corrected chi connectivity index (χ3v) is 3.10. The molecule has 0 unspecified atom stereocenters. The first-order valence-electron chi connectivity index (χ1n) is 5.76. The zero-order chi connectivity index (χ0) is 14.7. The van der Waals surface area contributed by atoms with Crippen molar-refractivity contribution in [2.24, 2.45) is 0 Å². The molecule has 6 nitrogen and oxygen atoms in total. The number of nitro benzene ring substituents is 1. The van der Waals surface area contributed by atoms with E-state index in [-0.39, 0.29) is 11.4 Å². The number of benzene rings is 1. The van der Waals surface area contributed by atoms with E-state index >= 15 is 0 Å². The number of halogens is 1. The summed E-state index contributed by atoms with van der Waals surface area (Å²) >= 11 is 3.24. The van der Waals surface area contributed by atoms with Crippen molar-refractivity contribution < 1.29 is 9.66 Å². The average Bonchev–Trinajstić information content (AvgIpc) is 2.41. The summed E-state index contributed by atoms with van der Waals surface area (Å²) in [5.74, 6) is 0.652. The van der Waals surface area contributed by atoms with Crippen molar-refractivity contribution in [3.63, 3.8) is 0 Å². The Kier molecular flexibility index (Phi) is 4.19. The molecule has 2 aromatic rings. The van der Waals surface area contributed by atoms with Crippen molar-refractivity contribution in [3.8, 4) is 11.5 Å². The molecule has 7 heteroatoms. The van der Waals surface area contributed by atoms with Gasteiger partial charge in [-0.2, -0.15) is 0 Å². The highest BCUT2D eigenvalue weighted by atomic mass is 79.9. The summed E-state index contributed by atoms with van der Waals surface area (Å²) in [4.78, 5) is 14.7. The summed E-state index contributed by atoms with van der Waals surface area (Å²) in [5.41, 5.74) is 1.34. The number of pyridine rings is 1. The second-order valence-electron chi connectivity index (χ2n) is 4.09. The largest absolute Gasteiger partial charge is 0.448 e. The van der Waals surface area contributed by atoms with Gasteiger partial charge in [0.2, 0.25) is 5.75 Å². The molecule has 1 aromatic carbocycles. The number of nitrogens with zero attached hydrogens (tertiary/aromatic N) is 2. The van der Waals surface area contributed by atoms with E-state index in [0.717, 1.165) is 5.69 Å². The Labute approximate surface area is 124 Å². The van der Waals surface area contributed by atoms with E-state index in [0.29, 0.717) is 15.8 Å². The second-order valence-corrected chi connectivity index (χ2v) is 5.01. The molecule has 0 aliphatic heterocycles. The molecule has 1 heterocycles. The van der Waals surface area contributed by atoms with Gasteiger partial charge >= 0.3 is 5.69 Å². The molecule has 2 rings (SSSR count). The van der Waals surface area contributed by atoms with Crippen LogP contribution in [0.3, 0.4) is 0 Å². The normalized spacial score (nSPS) is 10.2. The number of nitrogens with one attached hydrogen (secondary N) is 1. The van der Waals surface area contributed by atoms with Crippen LogP contribution in [0.15, 0.2) is 35.1 Å². The number of ether oxygens (including phenoxy) is 1. The molecule has 0 fully saturated rings. The van der Waals surface area contributed by atoms with Crippen LogP contribution in [0.2, 0.25) is 0 Å². The predicted octanol–water partition coefficient (Wildman–Crippen LogP) is 3.89. The summed E-state index contributed by atoms with van der Waals surface area (Å²) in [6.07, 6.45) is 3.14. The van der Waals surface area contributed by atoms with E-state index in [1.54, 1.807) is 32.3 Å². The fourth-order valence-corrected chi connectivity index (χ4v) is 2.27. The minimum absolute atomic E-state index is 0.0910. The van der Waals surface area contributed by atoms with Crippen molar-refractivity contribution in [1.82, 2.24) is 4.98 Å². The quantitative estimate of drug-likeness (QED) is 0.676. The van der Waals surface area contributed by atoms with Gasteiger partial charge in [-0.1, -0.05) is 15.9 Å². The molecule has 0 aliphatic carbocycles. The molecule has 0 aliphatic rings. The highest BCUT2D eigenvalue weighted by molar-refractivity contribution is 9.10. The van der Waals surface area contributed by atoms with E-state index in [2.05, 4.69) is 26.2 Å². The van der Waals surface area contributed by atoms with E-state index in [1.807, 2.05) is 0 Å². The third kappa shape index (κ3) is 3.05. The van der Waals surface area contributed by atoms with Crippen molar-refractivity contribution in [3.05, 3.63) is 50.7 Å². The highest BCUT2D eigenvalue weighted by Crippen LogP contribution is 2.37. The van der Waals surface area contributed by atoms with Gasteiger partial charge in [0.25, 0.3) is 0 Å². The molecule has 104 valence electrons. The van der Waals surface area contributed by atoms with Gasteiger partial charge < -0.3 is 10.1 Å². The lowest BCUT2D eigenvalue weighted by molar-refractivity contribution is -0.385. The SMILES string of the molecule is CNc1cncc(Oc2c(C)cc(Br)cc2[N+](=O)[O-])c1. The van der Waals surface area contributed by atoms with Crippen LogP contribution in [-0.2, 0) is 0 Å². The smallest absolute Gasteiger partial charge is 0.312 e. The molecule has 0 radical (unpaired) electrons. The first-order chi connectivity index (χ1) is 9.51. The monoisotopic (exact) mass is 337 g/mol. The molecule has 20 heavy (non-hydrogen) atoms. The number of aryl methyl sites for hydroxylation is 1. The number of anilines is 1. The number of hydrogen-bond acceptors (Lipinski definition) is 5. The van der Waals surface area contributed by atoms with Gasteiger partial charge in [-0.15, -0.1) is 0 Å². The maximum Gasteiger partial charge on any atom is 0.312 e. The molecule has 0 saturated heterocycles. The van der Waals surface area contributed by atoms with Crippen LogP contribution in [0.1, 0.15) is 5.56 Å². The standard InChI is InChI=1S/C13H12BrN3O3/c1-8-3-9(14)4-12(17(18)19)13(8)20-11-5-10(15-2)6-16-7-11/h3-7,15H,1-2H3. The minimum Gasteiger partial charge on any atom is -0.448 e. The van der Waals surface area contributed by atoms with E-state index < -0.39 is 4.92 Å². The first-order valence-corrected chi connectivity index (χ1v) is 6.55. The Morgan fingerprint density at radius 3 is 2.75 bits per heavy atom. The lowest BCUT2D eigenvalue weighted by Crippen LogP contribution is -1.97. The maximum absolute atomic E-state index is 11.1. The van der Waals surface area contributed by atoms with Crippen LogP contribution >= 0.6 is 15.9 Å². The van der Waals surface area contributed by atoms with Gasteiger partial charge in [-0.25, -0.2) is 0 Å². The molecular weight excluding hydrogens is 326 g/mol. The van der Waals surface area contributed by atoms with Gasteiger partial charge in [0.05, 0.1) is 23.0 Å². The number of nitro groups is 1. The number of rotatable bonds is 4. The molecule has 1 aromatic heterocycles. The first kappa shape index (κ1) is 14.3. The van der Waals surface area contributed by atoms with Crippen molar-refractivity contribution in [2.75, 3.05) is 12.4 Å². The Hall–Kier alpha value is -2.15. The zero-order valence-electron chi connectivity index (χ0n) is 10.9. The van der Waals surface area contributed by atoms with Crippen LogP contribution < -0.4 is 10.1 Å². The lowest BCUT2D eigenvalue weighted by atomic mass is 10.2. The Morgan fingerprint density at radius 1 is 1.35 bits per heavy atom. The molecule has 1 N–H and O–H groups in total. The molecule has 0 saturated carbocycles. The summed E-state index contributed by atoms with van der Waals surface area (Å²) < 4.78 is 6.27. The summed E-state index contributed by atoms with van der Waals surface area (Å²) in [5, 5.41) is 14.0. The topological polar surface area (TPSA) is 77.3 Å². The number of hydrogen-bond donors (Lipinski definition) is 1. The fraction of sp³-hybridized carbons (Fsp3) is 0.154.